The van der Waals surface area contributed by atoms with E-state index in [2.05, 4.69) is 17.9 Å². The first-order chi connectivity index (χ1) is 8.19. The number of hydrogen-bond donors (Lipinski definition) is 1. The van der Waals surface area contributed by atoms with Crippen molar-refractivity contribution < 1.29 is 9.47 Å². The van der Waals surface area contributed by atoms with Gasteiger partial charge in [-0.25, -0.2) is 0 Å². The molecule has 1 aliphatic heterocycles. The van der Waals surface area contributed by atoms with Crippen molar-refractivity contribution in [2.24, 2.45) is 0 Å². The Labute approximate surface area is 102 Å². The molecule has 0 spiro atoms. The van der Waals surface area contributed by atoms with Gasteiger partial charge in [-0.15, -0.1) is 0 Å². The van der Waals surface area contributed by atoms with E-state index < -0.39 is 0 Å². The van der Waals surface area contributed by atoms with Gasteiger partial charge in [-0.3, -0.25) is 4.90 Å². The molecule has 2 N–H and O–H groups in total. The molecule has 4 heteroatoms. The largest absolute Gasteiger partial charge is 0.495 e. The Morgan fingerprint density at radius 2 is 2.35 bits per heavy atom. The molecule has 2 rings (SSSR count). The molecule has 17 heavy (non-hydrogen) atoms. The molecule has 1 heterocycles. The maximum atomic E-state index is 5.90. The Hall–Kier alpha value is -1.26. The molecule has 0 aromatic heterocycles. The minimum Gasteiger partial charge on any atom is -0.495 e. The summed E-state index contributed by atoms with van der Waals surface area (Å²) in [5.74, 6) is 0.740. The Balaban J connectivity index is 2.00. The number of anilines is 1. The summed E-state index contributed by atoms with van der Waals surface area (Å²) in [6, 6.07) is 5.98. The topological polar surface area (TPSA) is 47.7 Å². The number of nitrogens with zero attached hydrogens (tertiary/aromatic N) is 1. The van der Waals surface area contributed by atoms with Crippen molar-refractivity contribution in [3.63, 3.8) is 0 Å². The van der Waals surface area contributed by atoms with Crippen molar-refractivity contribution in [3.8, 4) is 5.75 Å². The van der Waals surface area contributed by atoms with Crippen LogP contribution < -0.4 is 10.5 Å². The van der Waals surface area contributed by atoms with Crippen LogP contribution in [0, 0.1) is 0 Å². The van der Waals surface area contributed by atoms with Crippen LogP contribution in [0.4, 0.5) is 5.69 Å². The summed E-state index contributed by atoms with van der Waals surface area (Å²) in [5, 5.41) is 0. The zero-order valence-corrected chi connectivity index (χ0v) is 10.5. The van der Waals surface area contributed by atoms with Gasteiger partial charge >= 0.3 is 0 Å². The van der Waals surface area contributed by atoms with Gasteiger partial charge in [0.15, 0.2) is 0 Å². The molecular weight excluding hydrogens is 216 g/mol. The molecule has 94 valence electrons. The summed E-state index contributed by atoms with van der Waals surface area (Å²) < 4.78 is 10.7. The van der Waals surface area contributed by atoms with Gasteiger partial charge < -0.3 is 15.2 Å². The zero-order valence-electron chi connectivity index (χ0n) is 10.5. The van der Waals surface area contributed by atoms with E-state index in [9.17, 15) is 0 Å². The van der Waals surface area contributed by atoms with E-state index in [1.54, 1.807) is 7.11 Å². The van der Waals surface area contributed by atoms with Crippen LogP contribution in [0.2, 0.25) is 0 Å². The van der Waals surface area contributed by atoms with Crippen LogP contribution in [0.5, 0.6) is 5.75 Å². The highest BCUT2D eigenvalue weighted by molar-refractivity contribution is 5.54. The summed E-state index contributed by atoms with van der Waals surface area (Å²) in [6.07, 6.45) is 0.319. The first-order valence-electron chi connectivity index (χ1n) is 5.95. The molecule has 0 saturated carbocycles. The SMILES string of the molecule is COc1ccc(CN2CCOC(C)C2)cc1N. The molecule has 0 aliphatic carbocycles. The van der Waals surface area contributed by atoms with Crippen LogP contribution >= 0.6 is 0 Å². The highest BCUT2D eigenvalue weighted by Crippen LogP contribution is 2.23. The highest BCUT2D eigenvalue weighted by atomic mass is 16.5. The van der Waals surface area contributed by atoms with Crippen LogP contribution in [0.15, 0.2) is 18.2 Å². The van der Waals surface area contributed by atoms with Crippen molar-refractivity contribution in [1.29, 1.82) is 0 Å². The minimum absolute atomic E-state index is 0.319. The second-order valence-corrected chi connectivity index (χ2v) is 4.49. The Kier molecular flexibility index (Phi) is 3.86. The summed E-state index contributed by atoms with van der Waals surface area (Å²) in [6.45, 7) is 5.80. The smallest absolute Gasteiger partial charge is 0.141 e. The van der Waals surface area contributed by atoms with E-state index in [4.69, 9.17) is 15.2 Å². The van der Waals surface area contributed by atoms with Crippen molar-refractivity contribution >= 4 is 5.69 Å². The molecule has 0 amide bonds. The number of methoxy groups -OCH3 is 1. The normalized spacial score (nSPS) is 21.4. The predicted octanol–water partition coefficient (Wildman–Crippen LogP) is 1.50. The minimum atomic E-state index is 0.319. The number of rotatable bonds is 3. The third-order valence-electron chi connectivity index (χ3n) is 3.03. The van der Waals surface area contributed by atoms with Gasteiger partial charge in [0.25, 0.3) is 0 Å². The molecule has 0 radical (unpaired) electrons. The standard InChI is InChI=1S/C13H20N2O2/c1-10-8-15(5-6-17-10)9-11-3-4-13(16-2)12(14)7-11/h3-4,7,10H,5-6,8-9,14H2,1-2H3. The van der Waals surface area contributed by atoms with E-state index in [0.29, 0.717) is 11.8 Å². The van der Waals surface area contributed by atoms with E-state index in [1.165, 1.54) is 5.56 Å². The fourth-order valence-corrected chi connectivity index (χ4v) is 2.17. The van der Waals surface area contributed by atoms with Crippen molar-refractivity contribution in [1.82, 2.24) is 4.90 Å². The van der Waals surface area contributed by atoms with Crippen molar-refractivity contribution in [2.45, 2.75) is 19.6 Å². The third kappa shape index (κ3) is 3.11. The monoisotopic (exact) mass is 236 g/mol. The number of nitrogens with two attached hydrogens (primary N) is 1. The zero-order chi connectivity index (χ0) is 12.3. The number of ether oxygens (including phenoxy) is 2. The Morgan fingerprint density at radius 1 is 1.53 bits per heavy atom. The van der Waals surface area contributed by atoms with Gasteiger partial charge in [0.1, 0.15) is 5.75 Å². The van der Waals surface area contributed by atoms with Gasteiger partial charge in [0.2, 0.25) is 0 Å². The molecular formula is C13H20N2O2. The highest BCUT2D eigenvalue weighted by Gasteiger charge is 2.16. The van der Waals surface area contributed by atoms with Gasteiger partial charge in [0, 0.05) is 19.6 Å². The number of nitrogen functional groups attached to an aromatic ring is 1. The first kappa shape index (κ1) is 12.2. The lowest BCUT2D eigenvalue weighted by molar-refractivity contribution is -0.0212. The molecule has 4 nitrogen and oxygen atoms in total. The lowest BCUT2D eigenvalue weighted by atomic mass is 10.1. The predicted molar refractivity (Wildman–Crippen MR) is 68.1 cm³/mol. The Morgan fingerprint density at radius 3 is 3.00 bits per heavy atom. The van der Waals surface area contributed by atoms with Gasteiger partial charge in [-0.2, -0.15) is 0 Å². The average molecular weight is 236 g/mol. The fourth-order valence-electron chi connectivity index (χ4n) is 2.17. The van der Waals surface area contributed by atoms with E-state index in [-0.39, 0.29) is 0 Å². The molecule has 1 atom stereocenters. The molecule has 0 bridgehead atoms. The maximum Gasteiger partial charge on any atom is 0.141 e. The molecule has 1 aromatic rings. The fraction of sp³-hybridized carbons (Fsp3) is 0.538. The van der Waals surface area contributed by atoms with E-state index in [0.717, 1.165) is 32.0 Å². The average Bonchev–Trinajstić information content (AvgIpc) is 2.29. The third-order valence-corrected chi connectivity index (χ3v) is 3.03. The number of benzene rings is 1. The van der Waals surface area contributed by atoms with E-state index in [1.807, 2.05) is 12.1 Å². The molecule has 1 fully saturated rings. The lowest BCUT2D eigenvalue weighted by Gasteiger charge is -2.31. The summed E-state index contributed by atoms with van der Waals surface area (Å²) >= 11 is 0. The van der Waals surface area contributed by atoms with Crippen molar-refractivity contribution in [2.75, 3.05) is 32.5 Å². The van der Waals surface area contributed by atoms with Crippen molar-refractivity contribution in [3.05, 3.63) is 23.8 Å². The van der Waals surface area contributed by atoms with Crippen LogP contribution in [-0.4, -0.2) is 37.8 Å². The molecule has 1 aliphatic rings. The summed E-state index contributed by atoms with van der Waals surface area (Å²) in [4.78, 5) is 2.38. The van der Waals surface area contributed by atoms with Crippen LogP contribution in [-0.2, 0) is 11.3 Å². The molecule has 1 unspecified atom stereocenters. The maximum absolute atomic E-state index is 5.90. The first-order valence-corrected chi connectivity index (χ1v) is 5.95. The number of hydrogen-bond acceptors (Lipinski definition) is 4. The Bertz CT molecular complexity index is 382. The second kappa shape index (κ2) is 5.38. The number of morpholine rings is 1. The van der Waals surface area contributed by atoms with Crippen LogP contribution in [0.3, 0.4) is 0 Å². The lowest BCUT2D eigenvalue weighted by Crippen LogP contribution is -2.40. The summed E-state index contributed by atoms with van der Waals surface area (Å²) in [7, 11) is 1.63. The van der Waals surface area contributed by atoms with Gasteiger partial charge in [-0.05, 0) is 24.6 Å². The second-order valence-electron chi connectivity index (χ2n) is 4.49. The van der Waals surface area contributed by atoms with Crippen LogP contribution in [0.1, 0.15) is 12.5 Å². The van der Waals surface area contributed by atoms with E-state index >= 15 is 0 Å². The quantitative estimate of drug-likeness (QED) is 0.808. The van der Waals surface area contributed by atoms with Crippen LogP contribution in [0.25, 0.3) is 0 Å². The van der Waals surface area contributed by atoms with Gasteiger partial charge in [0.05, 0.1) is 25.5 Å². The molecule has 1 aromatic carbocycles. The molecule has 1 saturated heterocycles. The summed E-state index contributed by atoms with van der Waals surface area (Å²) in [5.41, 5.74) is 7.82. The van der Waals surface area contributed by atoms with Gasteiger partial charge in [-0.1, -0.05) is 6.07 Å².